The lowest BCUT2D eigenvalue weighted by Crippen LogP contribution is -2.27. The van der Waals surface area contributed by atoms with Crippen LogP contribution in [-0.2, 0) is 4.79 Å². The van der Waals surface area contributed by atoms with E-state index in [4.69, 9.17) is 4.74 Å². The number of amides is 2. The molecule has 0 aliphatic rings. The largest absolute Gasteiger partial charge is 0.495 e. The van der Waals surface area contributed by atoms with Gasteiger partial charge in [-0.05, 0) is 29.0 Å². The Balaban J connectivity index is 1.57. The van der Waals surface area contributed by atoms with E-state index in [1.165, 1.54) is 25.3 Å². The quantitative estimate of drug-likeness (QED) is 0.471. The maximum Gasteiger partial charge on any atom is 0.271 e. The summed E-state index contributed by atoms with van der Waals surface area (Å²) in [5, 5.41) is 18.2. The lowest BCUT2D eigenvalue weighted by molar-refractivity contribution is -0.384. The van der Waals surface area contributed by atoms with Crippen LogP contribution in [0.2, 0.25) is 0 Å². The SMILES string of the molecule is COc1ccc([N+](=O)[O-])cc1NC(=O)CCNC(=O)c1ccc2ccccc2c1. The van der Waals surface area contributed by atoms with E-state index < -0.39 is 10.8 Å². The number of fused-ring (bicyclic) bond motifs is 1. The number of nitrogens with one attached hydrogen (secondary N) is 2. The van der Waals surface area contributed by atoms with E-state index in [1.807, 2.05) is 30.3 Å². The molecule has 0 heterocycles. The number of methoxy groups -OCH3 is 1. The number of non-ortho nitro benzene ring substituents is 1. The van der Waals surface area contributed by atoms with Gasteiger partial charge in [0.2, 0.25) is 5.91 Å². The third-order valence-electron chi connectivity index (χ3n) is 4.32. The summed E-state index contributed by atoms with van der Waals surface area (Å²) in [6.07, 6.45) is 0.00513. The molecule has 0 fully saturated rings. The number of rotatable bonds is 7. The van der Waals surface area contributed by atoms with Crippen molar-refractivity contribution in [3.05, 3.63) is 76.3 Å². The van der Waals surface area contributed by atoms with Gasteiger partial charge in [0.25, 0.3) is 11.6 Å². The molecule has 148 valence electrons. The van der Waals surface area contributed by atoms with E-state index in [9.17, 15) is 19.7 Å². The molecule has 3 aromatic rings. The van der Waals surface area contributed by atoms with Crippen LogP contribution in [0.1, 0.15) is 16.8 Å². The van der Waals surface area contributed by atoms with Crippen LogP contribution in [0.4, 0.5) is 11.4 Å². The Morgan fingerprint density at radius 3 is 2.52 bits per heavy atom. The van der Waals surface area contributed by atoms with Crippen molar-refractivity contribution in [2.24, 2.45) is 0 Å². The fourth-order valence-electron chi connectivity index (χ4n) is 2.84. The lowest BCUT2D eigenvalue weighted by atomic mass is 10.1. The zero-order valence-electron chi connectivity index (χ0n) is 15.7. The standard InChI is InChI=1S/C21H19N3O5/c1-29-19-9-8-17(24(27)28)13-18(19)23-20(25)10-11-22-21(26)16-7-6-14-4-2-3-5-15(14)12-16/h2-9,12-13H,10-11H2,1H3,(H,22,26)(H,23,25). The minimum absolute atomic E-state index is 0.00513. The summed E-state index contributed by atoms with van der Waals surface area (Å²) in [5.41, 5.74) is 0.544. The Kier molecular flexibility index (Phi) is 6.03. The molecular weight excluding hydrogens is 374 g/mol. The molecule has 2 amide bonds. The zero-order chi connectivity index (χ0) is 20.8. The molecular formula is C21H19N3O5. The van der Waals surface area contributed by atoms with Crippen molar-refractivity contribution in [2.45, 2.75) is 6.42 Å². The first-order valence-corrected chi connectivity index (χ1v) is 8.87. The highest BCUT2D eigenvalue weighted by Gasteiger charge is 2.14. The Morgan fingerprint density at radius 1 is 1.03 bits per heavy atom. The Hall–Kier alpha value is -3.94. The van der Waals surface area contributed by atoms with Crippen molar-refractivity contribution in [3.63, 3.8) is 0 Å². The van der Waals surface area contributed by atoms with Crippen molar-refractivity contribution < 1.29 is 19.2 Å². The van der Waals surface area contributed by atoms with Crippen molar-refractivity contribution in [1.29, 1.82) is 0 Å². The summed E-state index contributed by atoms with van der Waals surface area (Å²) < 4.78 is 5.11. The molecule has 0 atom stereocenters. The molecule has 0 radical (unpaired) electrons. The molecule has 3 aromatic carbocycles. The monoisotopic (exact) mass is 393 g/mol. The molecule has 3 rings (SSSR count). The molecule has 0 aliphatic heterocycles. The number of hydrogen-bond donors (Lipinski definition) is 2. The maximum atomic E-state index is 12.3. The maximum absolute atomic E-state index is 12.3. The summed E-state index contributed by atoms with van der Waals surface area (Å²) in [5.74, 6) is -0.372. The number of nitrogens with zero attached hydrogens (tertiary/aromatic N) is 1. The van der Waals surface area contributed by atoms with E-state index in [0.717, 1.165) is 10.8 Å². The molecule has 0 saturated carbocycles. The minimum Gasteiger partial charge on any atom is -0.495 e. The van der Waals surface area contributed by atoms with E-state index >= 15 is 0 Å². The normalized spacial score (nSPS) is 10.4. The number of carbonyl (C=O) groups excluding carboxylic acids is 2. The molecule has 0 aliphatic carbocycles. The second-order valence-corrected chi connectivity index (χ2v) is 6.26. The van der Waals surface area contributed by atoms with Gasteiger partial charge in [0.15, 0.2) is 0 Å². The number of nitro groups is 1. The predicted molar refractivity (Wildman–Crippen MR) is 109 cm³/mol. The highest BCUT2D eigenvalue weighted by atomic mass is 16.6. The third-order valence-corrected chi connectivity index (χ3v) is 4.32. The second-order valence-electron chi connectivity index (χ2n) is 6.26. The summed E-state index contributed by atoms with van der Waals surface area (Å²) in [6, 6.07) is 17.0. The van der Waals surface area contributed by atoms with Crippen LogP contribution in [0.3, 0.4) is 0 Å². The average molecular weight is 393 g/mol. The number of carbonyl (C=O) groups is 2. The van der Waals surface area contributed by atoms with Crippen molar-refractivity contribution in [1.82, 2.24) is 5.32 Å². The van der Waals surface area contributed by atoms with Crippen LogP contribution >= 0.6 is 0 Å². The van der Waals surface area contributed by atoms with Crippen LogP contribution in [0, 0.1) is 10.1 Å². The van der Waals surface area contributed by atoms with Crippen molar-refractivity contribution >= 4 is 34.0 Å². The average Bonchev–Trinajstić information content (AvgIpc) is 2.73. The molecule has 0 spiro atoms. The number of ether oxygens (including phenoxy) is 1. The van der Waals surface area contributed by atoms with Crippen LogP contribution in [-0.4, -0.2) is 30.4 Å². The summed E-state index contributed by atoms with van der Waals surface area (Å²) in [4.78, 5) is 34.8. The van der Waals surface area contributed by atoms with Gasteiger partial charge in [-0.2, -0.15) is 0 Å². The van der Waals surface area contributed by atoms with Gasteiger partial charge < -0.3 is 15.4 Å². The lowest BCUT2D eigenvalue weighted by Gasteiger charge is -2.10. The summed E-state index contributed by atoms with van der Waals surface area (Å²) in [7, 11) is 1.40. The number of anilines is 1. The molecule has 0 unspecified atom stereocenters. The highest BCUT2D eigenvalue weighted by Crippen LogP contribution is 2.28. The van der Waals surface area contributed by atoms with Gasteiger partial charge >= 0.3 is 0 Å². The molecule has 2 N–H and O–H groups in total. The van der Waals surface area contributed by atoms with Crippen LogP contribution < -0.4 is 15.4 Å². The van der Waals surface area contributed by atoms with E-state index in [0.29, 0.717) is 11.3 Å². The van der Waals surface area contributed by atoms with Gasteiger partial charge in [0.05, 0.1) is 17.7 Å². The highest BCUT2D eigenvalue weighted by molar-refractivity contribution is 5.99. The van der Waals surface area contributed by atoms with E-state index in [-0.39, 0.29) is 30.2 Å². The molecule has 0 saturated heterocycles. The van der Waals surface area contributed by atoms with Gasteiger partial charge in [-0.3, -0.25) is 19.7 Å². The molecule has 29 heavy (non-hydrogen) atoms. The Bertz CT molecular complexity index is 1080. The minimum atomic E-state index is -0.557. The van der Waals surface area contributed by atoms with Gasteiger partial charge in [-0.25, -0.2) is 0 Å². The van der Waals surface area contributed by atoms with E-state index in [2.05, 4.69) is 10.6 Å². The van der Waals surface area contributed by atoms with Gasteiger partial charge in [-0.1, -0.05) is 30.3 Å². The predicted octanol–water partition coefficient (Wildman–Crippen LogP) is 3.52. The number of nitro benzene ring substituents is 1. The molecule has 8 nitrogen and oxygen atoms in total. The van der Waals surface area contributed by atoms with Crippen molar-refractivity contribution in [2.75, 3.05) is 19.0 Å². The topological polar surface area (TPSA) is 111 Å². The number of hydrogen-bond acceptors (Lipinski definition) is 5. The van der Waals surface area contributed by atoms with Gasteiger partial charge in [0.1, 0.15) is 5.75 Å². The first-order chi connectivity index (χ1) is 14.0. The summed E-state index contributed by atoms with van der Waals surface area (Å²) in [6.45, 7) is 0.120. The fourth-order valence-corrected chi connectivity index (χ4v) is 2.84. The van der Waals surface area contributed by atoms with Crippen LogP contribution in [0.25, 0.3) is 10.8 Å². The van der Waals surface area contributed by atoms with Crippen LogP contribution in [0.5, 0.6) is 5.75 Å². The van der Waals surface area contributed by atoms with Crippen molar-refractivity contribution in [3.8, 4) is 5.75 Å². The van der Waals surface area contributed by atoms with Gasteiger partial charge in [0, 0.05) is 30.7 Å². The second kappa shape index (κ2) is 8.83. The number of benzene rings is 3. The van der Waals surface area contributed by atoms with E-state index in [1.54, 1.807) is 12.1 Å². The molecule has 8 heteroatoms. The smallest absolute Gasteiger partial charge is 0.271 e. The Morgan fingerprint density at radius 2 is 1.79 bits per heavy atom. The third kappa shape index (κ3) is 4.86. The summed E-state index contributed by atoms with van der Waals surface area (Å²) >= 11 is 0. The zero-order valence-corrected chi connectivity index (χ0v) is 15.7. The first kappa shape index (κ1) is 19.8. The first-order valence-electron chi connectivity index (χ1n) is 8.87. The van der Waals surface area contributed by atoms with Gasteiger partial charge in [-0.15, -0.1) is 0 Å². The molecule has 0 bridgehead atoms. The fraction of sp³-hybridized carbons (Fsp3) is 0.143. The van der Waals surface area contributed by atoms with Crippen LogP contribution in [0.15, 0.2) is 60.7 Å². The molecule has 0 aromatic heterocycles. The Labute approximate surface area is 166 Å².